The van der Waals surface area contributed by atoms with Crippen LogP contribution in [0.4, 0.5) is 0 Å². The zero-order chi connectivity index (χ0) is 12.0. The molecule has 0 saturated carbocycles. The van der Waals surface area contributed by atoms with Gasteiger partial charge in [-0.2, -0.15) is 0 Å². The van der Waals surface area contributed by atoms with Crippen LogP contribution in [0, 0.1) is 0 Å². The van der Waals surface area contributed by atoms with Gasteiger partial charge in [0.1, 0.15) is 6.33 Å². The summed E-state index contributed by atoms with van der Waals surface area (Å²) in [5, 5.41) is 3.30. The molecular weight excluding hydrogens is 202 g/mol. The van der Waals surface area contributed by atoms with Crippen LogP contribution in [0.3, 0.4) is 0 Å². The van der Waals surface area contributed by atoms with Gasteiger partial charge in [-0.15, -0.1) is 0 Å². The Morgan fingerprint density at radius 2 is 2.12 bits per heavy atom. The highest BCUT2D eigenvalue weighted by molar-refractivity contribution is 5.18. The molecule has 0 radical (unpaired) electrons. The molecule has 0 saturated heterocycles. The number of rotatable bonds is 6. The summed E-state index contributed by atoms with van der Waals surface area (Å²) < 4.78 is 5.37. The lowest BCUT2D eigenvalue weighted by Crippen LogP contribution is -2.30. The molecule has 90 valence electrons. The van der Waals surface area contributed by atoms with E-state index < -0.39 is 0 Å². The van der Waals surface area contributed by atoms with E-state index in [9.17, 15) is 0 Å². The summed E-state index contributed by atoms with van der Waals surface area (Å²) in [6.45, 7) is 6.92. The molecule has 0 fully saturated rings. The lowest BCUT2D eigenvalue weighted by atomic mass is 9.96. The number of nitrogens with one attached hydrogen (secondary N) is 1. The van der Waals surface area contributed by atoms with E-state index >= 15 is 0 Å². The number of likely N-dealkylation sites (N-methyl/N-ethyl adjacent to an activating group) is 1. The molecule has 1 heterocycles. The molecular formula is C12H21N3O. The molecule has 4 nitrogen and oxygen atoms in total. The normalized spacial score (nSPS) is 14.5. The maximum absolute atomic E-state index is 5.37. The van der Waals surface area contributed by atoms with Crippen LogP contribution in [0.2, 0.25) is 0 Å². The van der Waals surface area contributed by atoms with Gasteiger partial charge in [0, 0.05) is 18.0 Å². The summed E-state index contributed by atoms with van der Waals surface area (Å²) >= 11 is 0. The average Bonchev–Trinajstić information content (AvgIpc) is 2.31. The van der Waals surface area contributed by atoms with Crippen molar-refractivity contribution in [2.45, 2.75) is 39.2 Å². The fraction of sp³-hybridized carbons (Fsp3) is 0.667. The molecule has 4 heteroatoms. The Hall–Kier alpha value is -1.16. The lowest BCUT2D eigenvalue weighted by Gasteiger charge is -2.21. The van der Waals surface area contributed by atoms with Gasteiger partial charge in [-0.1, -0.05) is 13.8 Å². The van der Waals surface area contributed by atoms with E-state index in [1.54, 1.807) is 6.33 Å². The van der Waals surface area contributed by atoms with Gasteiger partial charge >= 0.3 is 0 Å². The molecule has 1 aromatic rings. The van der Waals surface area contributed by atoms with Crippen molar-refractivity contribution in [2.24, 2.45) is 0 Å². The Labute approximate surface area is 97.5 Å². The first-order chi connectivity index (χ1) is 7.72. The van der Waals surface area contributed by atoms with Gasteiger partial charge in [-0.25, -0.2) is 9.97 Å². The molecule has 16 heavy (non-hydrogen) atoms. The van der Waals surface area contributed by atoms with E-state index in [0.29, 0.717) is 24.4 Å². The Morgan fingerprint density at radius 1 is 1.38 bits per heavy atom. The molecule has 0 spiro atoms. The van der Waals surface area contributed by atoms with E-state index in [1.807, 2.05) is 20.0 Å². The van der Waals surface area contributed by atoms with Crippen LogP contribution in [0.25, 0.3) is 0 Å². The summed E-state index contributed by atoms with van der Waals surface area (Å²) in [5.41, 5.74) is 1.03. The fourth-order valence-electron chi connectivity index (χ4n) is 1.84. The van der Waals surface area contributed by atoms with Crippen LogP contribution in [-0.2, 0) is 0 Å². The number of nitrogens with zero attached hydrogens (tertiary/aromatic N) is 2. The molecule has 2 unspecified atom stereocenters. The average molecular weight is 223 g/mol. The second-order valence-corrected chi connectivity index (χ2v) is 3.81. The second kappa shape index (κ2) is 6.43. The molecule has 2 atom stereocenters. The number of hydrogen-bond acceptors (Lipinski definition) is 4. The highest BCUT2D eigenvalue weighted by Crippen LogP contribution is 2.21. The minimum absolute atomic E-state index is 0.359. The molecule has 0 aliphatic rings. The zero-order valence-electron chi connectivity index (χ0n) is 10.5. The van der Waals surface area contributed by atoms with Crippen molar-refractivity contribution in [1.29, 1.82) is 0 Å². The summed E-state index contributed by atoms with van der Waals surface area (Å²) in [6.07, 6.45) is 2.64. The predicted octanol–water partition coefficient (Wildman–Crippen LogP) is 1.98. The summed E-state index contributed by atoms with van der Waals surface area (Å²) in [4.78, 5) is 8.38. The molecule has 1 aromatic heterocycles. The molecule has 1 N–H and O–H groups in total. The first kappa shape index (κ1) is 12.9. The van der Waals surface area contributed by atoms with Crippen LogP contribution in [-0.4, -0.2) is 29.7 Å². The Kier molecular flexibility index (Phi) is 5.19. The number of aromatic nitrogens is 2. The first-order valence-electron chi connectivity index (χ1n) is 5.84. The second-order valence-electron chi connectivity index (χ2n) is 3.81. The summed E-state index contributed by atoms with van der Waals surface area (Å²) in [5.74, 6) is 1.02. The molecule has 0 aromatic carbocycles. The third-order valence-corrected chi connectivity index (χ3v) is 2.84. The van der Waals surface area contributed by atoms with Gasteiger partial charge in [-0.05, 0) is 20.4 Å². The number of ether oxygens (including phenoxy) is 1. The Morgan fingerprint density at radius 3 is 2.69 bits per heavy atom. The van der Waals surface area contributed by atoms with Gasteiger partial charge in [0.15, 0.2) is 0 Å². The Bertz CT molecular complexity index is 313. The maximum Gasteiger partial charge on any atom is 0.216 e. The van der Waals surface area contributed by atoms with Gasteiger partial charge < -0.3 is 10.1 Å². The summed E-state index contributed by atoms with van der Waals surface area (Å²) in [6, 6.07) is 2.36. The van der Waals surface area contributed by atoms with E-state index in [4.69, 9.17) is 4.74 Å². The third kappa shape index (κ3) is 3.17. The smallest absolute Gasteiger partial charge is 0.216 e. The van der Waals surface area contributed by atoms with Crippen LogP contribution in [0.15, 0.2) is 12.4 Å². The van der Waals surface area contributed by atoms with Gasteiger partial charge in [0.25, 0.3) is 0 Å². The fourth-order valence-corrected chi connectivity index (χ4v) is 1.84. The molecule has 0 aliphatic carbocycles. The highest BCUT2D eigenvalue weighted by Gasteiger charge is 2.17. The summed E-state index contributed by atoms with van der Waals surface area (Å²) in [7, 11) is 1.98. The number of hydrogen-bond donors (Lipinski definition) is 1. The lowest BCUT2D eigenvalue weighted by molar-refractivity contribution is 0.324. The molecule has 0 bridgehead atoms. The Balaban J connectivity index is 2.81. The third-order valence-electron chi connectivity index (χ3n) is 2.84. The minimum Gasteiger partial charge on any atom is -0.478 e. The quantitative estimate of drug-likeness (QED) is 0.801. The van der Waals surface area contributed by atoms with Crippen molar-refractivity contribution >= 4 is 0 Å². The first-order valence-corrected chi connectivity index (χ1v) is 5.84. The van der Waals surface area contributed by atoms with Crippen molar-refractivity contribution in [1.82, 2.24) is 15.3 Å². The van der Waals surface area contributed by atoms with Crippen LogP contribution in [0.5, 0.6) is 5.88 Å². The van der Waals surface area contributed by atoms with Gasteiger partial charge in [-0.3, -0.25) is 0 Å². The van der Waals surface area contributed by atoms with Crippen molar-refractivity contribution < 1.29 is 4.74 Å². The van der Waals surface area contributed by atoms with E-state index in [2.05, 4.69) is 29.1 Å². The molecule has 0 aliphatic heterocycles. The van der Waals surface area contributed by atoms with Crippen molar-refractivity contribution in [2.75, 3.05) is 13.7 Å². The largest absolute Gasteiger partial charge is 0.478 e. The molecule has 0 amide bonds. The van der Waals surface area contributed by atoms with E-state index in [1.165, 1.54) is 0 Å². The van der Waals surface area contributed by atoms with Crippen LogP contribution < -0.4 is 10.1 Å². The standard InChI is InChI=1S/C12H21N3O/c1-5-10(13-4)9(3)11-7-12(16-6-2)15-8-14-11/h7-10,13H,5-6H2,1-4H3. The van der Waals surface area contributed by atoms with E-state index in [0.717, 1.165) is 12.1 Å². The maximum atomic E-state index is 5.37. The highest BCUT2D eigenvalue weighted by atomic mass is 16.5. The van der Waals surface area contributed by atoms with E-state index in [-0.39, 0.29) is 0 Å². The van der Waals surface area contributed by atoms with Crippen LogP contribution >= 0.6 is 0 Å². The molecule has 1 rings (SSSR count). The predicted molar refractivity (Wildman–Crippen MR) is 64.8 cm³/mol. The minimum atomic E-state index is 0.359. The zero-order valence-corrected chi connectivity index (χ0v) is 10.5. The SMILES string of the molecule is CCOc1cc(C(C)C(CC)NC)ncn1. The van der Waals surface area contributed by atoms with Crippen LogP contribution in [0.1, 0.15) is 38.8 Å². The van der Waals surface area contributed by atoms with Gasteiger partial charge in [0.05, 0.1) is 12.3 Å². The van der Waals surface area contributed by atoms with Crippen molar-refractivity contribution in [3.8, 4) is 5.88 Å². The van der Waals surface area contributed by atoms with Crippen molar-refractivity contribution in [3.63, 3.8) is 0 Å². The van der Waals surface area contributed by atoms with Crippen molar-refractivity contribution in [3.05, 3.63) is 18.1 Å². The monoisotopic (exact) mass is 223 g/mol. The topological polar surface area (TPSA) is 47.0 Å². The van der Waals surface area contributed by atoms with Gasteiger partial charge in [0.2, 0.25) is 5.88 Å².